The van der Waals surface area contributed by atoms with E-state index in [4.69, 9.17) is 9.47 Å². The molecule has 0 saturated heterocycles. The van der Waals surface area contributed by atoms with Gasteiger partial charge in [-0.1, -0.05) is 46.3 Å². The summed E-state index contributed by atoms with van der Waals surface area (Å²) in [6, 6.07) is 12.6. The Labute approximate surface area is 125 Å². The van der Waals surface area contributed by atoms with Crippen molar-refractivity contribution in [3.63, 3.8) is 0 Å². The quantitative estimate of drug-likeness (QED) is 0.779. The lowest BCUT2D eigenvalue weighted by Gasteiger charge is -2.23. The first-order valence-electron chi connectivity index (χ1n) is 6.51. The van der Waals surface area contributed by atoms with Crippen molar-refractivity contribution in [1.29, 1.82) is 0 Å². The number of hydrogen-bond acceptors (Lipinski definition) is 2. The average molecular weight is 337 g/mol. The van der Waals surface area contributed by atoms with E-state index >= 15 is 0 Å². The number of hydrogen-bond donors (Lipinski definition) is 0. The van der Waals surface area contributed by atoms with Gasteiger partial charge in [-0.3, -0.25) is 0 Å². The molecule has 2 aromatic rings. The summed E-state index contributed by atoms with van der Waals surface area (Å²) in [5.74, 6) is 1.34. The van der Waals surface area contributed by atoms with Gasteiger partial charge < -0.3 is 9.47 Å². The molecule has 2 aromatic carbocycles. The van der Waals surface area contributed by atoms with Crippen LogP contribution in [-0.2, 0) is 6.42 Å². The summed E-state index contributed by atoms with van der Waals surface area (Å²) < 4.78 is 25.0. The number of rotatable bonds is 3. The molecule has 1 aliphatic rings. The van der Waals surface area contributed by atoms with Crippen molar-refractivity contribution in [2.24, 2.45) is 0 Å². The van der Waals surface area contributed by atoms with Crippen LogP contribution in [0.2, 0.25) is 0 Å². The van der Waals surface area contributed by atoms with Crippen LogP contribution in [0.25, 0.3) is 0 Å². The van der Waals surface area contributed by atoms with E-state index in [1.165, 1.54) is 6.07 Å². The maximum Gasteiger partial charge on any atom is 0.165 e. The van der Waals surface area contributed by atoms with Crippen LogP contribution in [0.4, 0.5) is 4.39 Å². The van der Waals surface area contributed by atoms with Crippen molar-refractivity contribution >= 4 is 15.9 Å². The average Bonchev–Trinajstić information content (AvgIpc) is 2.49. The van der Waals surface area contributed by atoms with Crippen LogP contribution in [-0.4, -0.2) is 13.2 Å². The smallest absolute Gasteiger partial charge is 0.165 e. The Hall–Kier alpha value is -1.55. The minimum Gasteiger partial charge on any atom is -0.486 e. The van der Waals surface area contributed by atoms with E-state index in [0.29, 0.717) is 25.2 Å². The number of benzene rings is 2. The molecule has 0 aromatic heterocycles. The first-order valence-corrected chi connectivity index (χ1v) is 7.43. The monoisotopic (exact) mass is 336 g/mol. The fraction of sp³-hybridized carbons (Fsp3) is 0.250. The maximum absolute atomic E-state index is 13.7. The SMILES string of the molecule is Fc1ccccc1CC(Br)c1cccc2c1OCCO2. The minimum absolute atomic E-state index is 0.0175. The Bertz CT molecular complexity index is 615. The molecular formula is C16H14BrFO2. The Balaban J connectivity index is 1.88. The molecule has 0 aliphatic carbocycles. The van der Waals surface area contributed by atoms with E-state index in [-0.39, 0.29) is 10.6 Å². The second-order valence-electron chi connectivity index (χ2n) is 4.63. The molecule has 0 radical (unpaired) electrons. The number of ether oxygens (including phenoxy) is 2. The van der Waals surface area contributed by atoms with E-state index in [0.717, 1.165) is 17.1 Å². The second kappa shape index (κ2) is 5.83. The standard InChI is InChI=1S/C16H14BrFO2/c17-13(10-11-4-1-2-6-14(11)18)12-5-3-7-15-16(12)20-9-8-19-15/h1-7,13H,8-10H2. The first kappa shape index (κ1) is 13.4. The van der Waals surface area contributed by atoms with Gasteiger partial charge in [0.2, 0.25) is 0 Å². The molecule has 0 saturated carbocycles. The van der Waals surface area contributed by atoms with E-state index in [1.807, 2.05) is 24.3 Å². The molecule has 1 unspecified atom stereocenters. The molecule has 104 valence electrons. The highest BCUT2D eigenvalue weighted by Gasteiger charge is 2.21. The lowest BCUT2D eigenvalue weighted by Crippen LogP contribution is -2.17. The molecule has 0 amide bonds. The zero-order chi connectivity index (χ0) is 13.9. The topological polar surface area (TPSA) is 18.5 Å². The molecule has 1 aliphatic heterocycles. The van der Waals surface area contributed by atoms with Gasteiger partial charge in [0.05, 0.1) is 0 Å². The number of para-hydroxylation sites is 1. The predicted molar refractivity (Wildman–Crippen MR) is 79.2 cm³/mol. The van der Waals surface area contributed by atoms with Crippen molar-refractivity contribution in [3.05, 3.63) is 59.4 Å². The Morgan fingerprint density at radius 2 is 1.85 bits per heavy atom. The van der Waals surface area contributed by atoms with Crippen LogP contribution >= 0.6 is 15.9 Å². The molecule has 0 spiro atoms. The fourth-order valence-electron chi connectivity index (χ4n) is 2.31. The molecule has 0 fully saturated rings. The maximum atomic E-state index is 13.7. The summed E-state index contributed by atoms with van der Waals surface area (Å²) in [5.41, 5.74) is 1.68. The van der Waals surface area contributed by atoms with Crippen molar-refractivity contribution < 1.29 is 13.9 Å². The number of fused-ring (bicyclic) bond motifs is 1. The van der Waals surface area contributed by atoms with E-state index in [9.17, 15) is 4.39 Å². The molecule has 1 heterocycles. The normalized spacial score (nSPS) is 14.9. The van der Waals surface area contributed by atoms with Crippen LogP contribution in [0.3, 0.4) is 0 Å². The van der Waals surface area contributed by atoms with Crippen LogP contribution in [0.1, 0.15) is 16.0 Å². The molecular weight excluding hydrogens is 323 g/mol. The van der Waals surface area contributed by atoms with Crippen LogP contribution in [0, 0.1) is 5.82 Å². The third-order valence-corrected chi connectivity index (χ3v) is 4.11. The van der Waals surface area contributed by atoms with Gasteiger partial charge in [0.25, 0.3) is 0 Å². The highest BCUT2D eigenvalue weighted by atomic mass is 79.9. The van der Waals surface area contributed by atoms with Gasteiger partial charge >= 0.3 is 0 Å². The Kier molecular flexibility index (Phi) is 3.92. The highest BCUT2D eigenvalue weighted by molar-refractivity contribution is 9.09. The number of halogens is 2. The lowest BCUT2D eigenvalue weighted by molar-refractivity contribution is 0.170. The molecule has 2 nitrogen and oxygen atoms in total. The van der Waals surface area contributed by atoms with E-state index in [2.05, 4.69) is 15.9 Å². The van der Waals surface area contributed by atoms with Crippen LogP contribution in [0.15, 0.2) is 42.5 Å². The lowest BCUT2D eigenvalue weighted by atomic mass is 10.0. The van der Waals surface area contributed by atoms with Gasteiger partial charge in [0.1, 0.15) is 19.0 Å². The summed E-state index contributed by atoms with van der Waals surface area (Å²) in [4.78, 5) is -0.0175. The van der Waals surface area contributed by atoms with E-state index in [1.54, 1.807) is 12.1 Å². The minimum atomic E-state index is -0.182. The molecule has 3 rings (SSSR count). The summed E-state index contributed by atoms with van der Waals surface area (Å²) in [6.07, 6.45) is 0.562. The largest absolute Gasteiger partial charge is 0.486 e. The Morgan fingerprint density at radius 3 is 2.70 bits per heavy atom. The molecule has 0 N–H and O–H groups in total. The van der Waals surface area contributed by atoms with Gasteiger partial charge in [-0.05, 0) is 24.1 Å². The molecule has 0 bridgehead atoms. The van der Waals surface area contributed by atoms with Crippen molar-refractivity contribution in [2.45, 2.75) is 11.2 Å². The van der Waals surface area contributed by atoms with Gasteiger partial charge in [0, 0.05) is 10.4 Å². The summed E-state index contributed by atoms with van der Waals surface area (Å²) in [5, 5.41) is 0. The van der Waals surface area contributed by atoms with Crippen LogP contribution < -0.4 is 9.47 Å². The van der Waals surface area contributed by atoms with Crippen LogP contribution in [0.5, 0.6) is 11.5 Å². The summed E-state index contributed by atoms with van der Waals surface area (Å²) >= 11 is 3.63. The second-order valence-corrected chi connectivity index (χ2v) is 5.74. The Morgan fingerprint density at radius 1 is 1.05 bits per heavy atom. The third-order valence-electron chi connectivity index (χ3n) is 3.29. The van der Waals surface area contributed by atoms with Gasteiger partial charge in [-0.2, -0.15) is 0 Å². The highest BCUT2D eigenvalue weighted by Crippen LogP contribution is 2.41. The number of alkyl halides is 1. The summed E-state index contributed by atoms with van der Waals surface area (Å²) in [6.45, 7) is 1.11. The zero-order valence-corrected chi connectivity index (χ0v) is 12.4. The summed E-state index contributed by atoms with van der Waals surface area (Å²) in [7, 11) is 0. The third kappa shape index (κ3) is 2.66. The molecule has 20 heavy (non-hydrogen) atoms. The van der Waals surface area contributed by atoms with Crippen molar-refractivity contribution in [1.82, 2.24) is 0 Å². The van der Waals surface area contributed by atoms with Gasteiger partial charge in [0.15, 0.2) is 11.5 Å². The van der Waals surface area contributed by atoms with Crippen molar-refractivity contribution in [3.8, 4) is 11.5 Å². The van der Waals surface area contributed by atoms with Gasteiger partial charge in [-0.25, -0.2) is 4.39 Å². The van der Waals surface area contributed by atoms with E-state index < -0.39 is 0 Å². The first-order chi connectivity index (χ1) is 9.75. The fourth-order valence-corrected chi connectivity index (χ4v) is 3.02. The molecule has 4 heteroatoms. The zero-order valence-electron chi connectivity index (χ0n) is 10.8. The predicted octanol–water partition coefficient (Wildman–Crippen LogP) is 4.28. The van der Waals surface area contributed by atoms with Gasteiger partial charge in [-0.15, -0.1) is 0 Å². The molecule has 1 atom stereocenters. The van der Waals surface area contributed by atoms with Crippen molar-refractivity contribution in [2.75, 3.05) is 13.2 Å².